The van der Waals surface area contributed by atoms with Crippen molar-refractivity contribution in [1.82, 2.24) is 4.90 Å². The predicted molar refractivity (Wildman–Crippen MR) is 57.1 cm³/mol. The molecule has 88 valence electrons. The summed E-state index contributed by atoms with van der Waals surface area (Å²) >= 11 is 0. The molecule has 5 nitrogen and oxygen atoms in total. The number of amides is 1. The van der Waals surface area contributed by atoms with Crippen molar-refractivity contribution in [3.63, 3.8) is 0 Å². The van der Waals surface area contributed by atoms with Gasteiger partial charge in [0.15, 0.2) is 0 Å². The highest BCUT2D eigenvalue weighted by atomic mass is 16.5. The second-order valence-corrected chi connectivity index (χ2v) is 3.92. The van der Waals surface area contributed by atoms with E-state index < -0.39 is 0 Å². The highest BCUT2D eigenvalue weighted by molar-refractivity contribution is 5.76. The standard InChI is InChI=1S/C10H20N2O3/c1-8(2)6-12(7-9(11)13)5-4-10(14)15-3/h8H,4-7H2,1-3H3,(H2,11,13). The summed E-state index contributed by atoms with van der Waals surface area (Å²) in [5, 5.41) is 0. The van der Waals surface area contributed by atoms with Gasteiger partial charge in [-0.1, -0.05) is 13.8 Å². The molecule has 5 heteroatoms. The van der Waals surface area contributed by atoms with Gasteiger partial charge in [0.05, 0.1) is 20.1 Å². The Hall–Kier alpha value is -1.10. The molecule has 0 aliphatic carbocycles. The molecule has 15 heavy (non-hydrogen) atoms. The van der Waals surface area contributed by atoms with Gasteiger partial charge in [-0.3, -0.25) is 14.5 Å². The number of rotatable bonds is 7. The third-order valence-corrected chi connectivity index (χ3v) is 1.86. The summed E-state index contributed by atoms with van der Waals surface area (Å²) in [6.07, 6.45) is 0.288. The molecule has 0 rings (SSSR count). The topological polar surface area (TPSA) is 72.6 Å². The molecule has 0 bridgehead atoms. The number of esters is 1. The van der Waals surface area contributed by atoms with Crippen molar-refractivity contribution in [3.05, 3.63) is 0 Å². The number of primary amides is 1. The van der Waals surface area contributed by atoms with Crippen LogP contribution in [0, 0.1) is 5.92 Å². The fourth-order valence-corrected chi connectivity index (χ4v) is 1.32. The smallest absolute Gasteiger partial charge is 0.306 e. The average molecular weight is 216 g/mol. The van der Waals surface area contributed by atoms with Crippen LogP contribution in [0.25, 0.3) is 0 Å². The van der Waals surface area contributed by atoms with Crippen LogP contribution in [0.3, 0.4) is 0 Å². The molecule has 0 fully saturated rings. The van der Waals surface area contributed by atoms with Crippen LogP contribution in [0.2, 0.25) is 0 Å². The molecule has 0 aliphatic rings. The zero-order chi connectivity index (χ0) is 11.8. The van der Waals surface area contributed by atoms with E-state index in [0.717, 1.165) is 6.54 Å². The van der Waals surface area contributed by atoms with E-state index in [4.69, 9.17) is 5.73 Å². The number of hydrogen-bond donors (Lipinski definition) is 1. The van der Waals surface area contributed by atoms with Gasteiger partial charge in [-0.2, -0.15) is 0 Å². The van der Waals surface area contributed by atoms with Crippen molar-refractivity contribution >= 4 is 11.9 Å². The van der Waals surface area contributed by atoms with Gasteiger partial charge in [-0.25, -0.2) is 0 Å². The number of nitrogens with zero attached hydrogens (tertiary/aromatic N) is 1. The van der Waals surface area contributed by atoms with Crippen LogP contribution >= 0.6 is 0 Å². The van der Waals surface area contributed by atoms with E-state index in [-0.39, 0.29) is 24.8 Å². The minimum Gasteiger partial charge on any atom is -0.469 e. The lowest BCUT2D eigenvalue weighted by Gasteiger charge is -2.21. The first-order chi connectivity index (χ1) is 6.95. The number of hydrogen-bond acceptors (Lipinski definition) is 4. The zero-order valence-electron chi connectivity index (χ0n) is 9.66. The molecule has 2 N–H and O–H groups in total. The Morgan fingerprint density at radius 2 is 2.00 bits per heavy atom. The largest absolute Gasteiger partial charge is 0.469 e. The minimum absolute atomic E-state index is 0.190. The number of ether oxygens (including phenoxy) is 1. The summed E-state index contributed by atoms with van der Waals surface area (Å²) < 4.78 is 4.53. The van der Waals surface area contributed by atoms with Crippen molar-refractivity contribution in [2.75, 3.05) is 26.7 Å². The van der Waals surface area contributed by atoms with E-state index in [9.17, 15) is 9.59 Å². The van der Waals surface area contributed by atoms with E-state index >= 15 is 0 Å². The Kier molecular flexibility index (Phi) is 6.70. The third-order valence-electron chi connectivity index (χ3n) is 1.86. The fourth-order valence-electron chi connectivity index (χ4n) is 1.32. The summed E-state index contributed by atoms with van der Waals surface area (Å²) in [5.41, 5.74) is 5.11. The van der Waals surface area contributed by atoms with Crippen molar-refractivity contribution < 1.29 is 14.3 Å². The number of carbonyl (C=O) groups excluding carboxylic acids is 2. The lowest BCUT2D eigenvalue weighted by Crippen LogP contribution is -2.37. The summed E-state index contributed by atoms with van der Waals surface area (Å²) in [5.74, 6) is -0.212. The van der Waals surface area contributed by atoms with Gasteiger partial charge in [0, 0.05) is 13.1 Å². The maximum atomic E-state index is 10.9. The van der Waals surface area contributed by atoms with Crippen molar-refractivity contribution in [1.29, 1.82) is 0 Å². The molecule has 0 spiro atoms. The Labute approximate surface area is 90.6 Å². The Bertz CT molecular complexity index is 217. The van der Waals surface area contributed by atoms with Gasteiger partial charge in [0.1, 0.15) is 0 Å². The molecule has 0 unspecified atom stereocenters. The van der Waals surface area contributed by atoms with Gasteiger partial charge < -0.3 is 10.5 Å². The van der Waals surface area contributed by atoms with E-state index in [2.05, 4.69) is 4.74 Å². The minimum atomic E-state index is -0.375. The van der Waals surface area contributed by atoms with Crippen LogP contribution < -0.4 is 5.73 Å². The van der Waals surface area contributed by atoms with Gasteiger partial charge in [-0.15, -0.1) is 0 Å². The zero-order valence-corrected chi connectivity index (χ0v) is 9.66. The number of nitrogens with two attached hydrogens (primary N) is 1. The second-order valence-electron chi connectivity index (χ2n) is 3.92. The number of methoxy groups -OCH3 is 1. The summed E-state index contributed by atoms with van der Waals surface area (Å²) in [7, 11) is 1.35. The van der Waals surface area contributed by atoms with Gasteiger partial charge in [0.25, 0.3) is 0 Å². The fraction of sp³-hybridized carbons (Fsp3) is 0.800. The molecule has 0 saturated heterocycles. The first kappa shape index (κ1) is 13.9. The van der Waals surface area contributed by atoms with Crippen LogP contribution in [-0.4, -0.2) is 43.5 Å². The Balaban J connectivity index is 4.00. The van der Waals surface area contributed by atoms with Crippen LogP contribution in [0.5, 0.6) is 0 Å². The quantitative estimate of drug-likeness (QED) is 0.608. The summed E-state index contributed by atoms with van der Waals surface area (Å²) in [4.78, 5) is 23.6. The second kappa shape index (κ2) is 7.23. The van der Waals surface area contributed by atoms with E-state index in [1.807, 2.05) is 18.7 Å². The van der Waals surface area contributed by atoms with Gasteiger partial charge in [0.2, 0.25) is 5.91 Å². The van der Waals surface area contributed by atoms with Crippen LogP contribution in [-0.2, 0) is 14.3 Å². The van der Waals surface area contributed by atoms with Crippen molar-refractivity contribution in [2.45, 2.75) is 20.3 Å². The van der Waals surface area contributed by atoms with E-state index in [0.29, 0.717) is 12.5 Å². The molecule has 1 amide bonds. The van der Waals surface area contributed by atoms with E-state index in [1.165, 1.54) is 7.11 Å². The lowest BCUT2D eigenvalue weighted by atomic mass is 10.2. The highest BCUT2D eigenvalue weighted by Gasteiger charge is 2.12. The molecule has 0 saturated carbocycles. The van der Waals surface area contributed by atoms with Crippen molar-refractivity contribution in [2.24, 2.45) is 11.7 Å². The van der Waals surface area contributed by atoms with Gasteiger partial charge in [-0.05, 0) is 5.92 Å². The first-order valence-corrected chi connectivity index (χ1v) is 5.03. The Morgan fingerprint density at radius 1 is 1.40 bits per heavy atom. The SMILES string of the molecule is COC(=O)CCN(CC(N)=O)CC(C)C. The molecule has 0 aromatic rings. The Morgan fingerprint density at radius 3 is 2.40 bits per heavy atom. The molecule has 0 heterocycles. The molecule has 0 aromatic carbocycles. The normalized spacial score (nSPS) is 10.7. The monoisotopic (exact) mass is 216 g/mol. The van der Waals surface area contributed by atoms with Crippen LogP contribution in [0.1, 0.15) is 20.3 Å². The highest BCUT2D eigenvalue weighted by Crippen LogP contribution is 2.00. The molecule has 0 radical (unpaired) electrons. The maximum Gasteiger partial charge on any atom is 0.306 e. The van der Waals surface area contributed by atoms with Crippen LogP contribution in [0.4, 0.5) is 0 Å². The first-order valence-electron chi connectivity index (χ1n) is 5.03. The lowest BCUT2D eigenvalue weighted by molar-refractivity contribution is -0.141. The molecule has 0 aromatic heterocycles. The predicted octanol–water partition coefficient (Wildman–Crippen LogP) is -0.00720. The molecular formula is C10H20N2O3. The molecule has 0 atom stereocenters. The van der Waals surface area contributed by atoms with Crippen molar-refractivity contribution in [3.8, 4) is 0 Å². The average Bonchev–Trinajstić information content (AvgIpc) is 2.11. The van der Waals surface area contributed by atoms with Gasteiger partial charge >= 0.3 is 5.97 Å². The van der Waals surface area contributed by atoms with E-state index in [1.54, 1.807) is 0 Å². The number of carbonyl (C=O) groups is 2. The molecule has 0 aliphatic heterocycles. The summed E-state index contributed by atoms with van der Waals surface area (Å²) in [6.45, 7) is 5.54. The maximum absolute atomic E-state index is 10.9. The summed E-state index contributed by atoms with van der Waals surface area (Å²) in [6, 6.07) is 0. The van der Waals surface area contributed by atoms with Crippen LogP contribution in [0.15, 0.2) is 0 Å². The third kappa shape index (κ3) is 7.93. The molecular weight excluding hydrogens is 196 g/mol.